The summed E-state index contributed by atoms with van der Waals surface area (Å²) in [5.74, 6) is 0. The molecule has 2 amide bonds. The molecule has 0 bridgehead atoms. The van der Waals surface area contributed by atoms with E-state index in [1.54, 1.807) is 72.7 Å². The predicted molar refractivity (Wildman–Crippen MR) is 120 cm³/mol. The molecule has 0 aliphatic carbocycles. The number of hydrogen-bond donors (Lipinski definition) is 1. The van der Waals surface area contributed by atoms with Gasteiger partial charge in [-0.1, -0.05) is 30.3 Å². The lowest BCUT2D eigenvalue weighted by Gasteiger charge is -2.38. The van der Waals surface area contributed by atoms with Crippen molar-refractivity contribution in [1.29, 1.82) is 5.26 Å². The minimum Gasteiger partial charge on any atom is -0.484 e. The monoisotopic (exact) mass is 449 g/mol. The van der Waals surface area contributed by atoms with Crippen LogP contribution in [0.15, 0.2) is 30.3 Å². The number of carbonyl (C=O) groups excluding carboxylic acids is 2. The topological polar surface area (TPSA) is 101 Å². The van der Waals surface area contributed by atoms with Crippen molar-refractivity contribution in [2.24, 2.45) is 0 Å². The van der Waals surface area contributed by atoms with Gasteiger partial charge in [-0.15, -0.1) is 0 Å². The molecule has 170 valence electrons. The summed E-state index contributed by atoms with van der Waals surface area (Å²) in [5.41, 5.74) is -0.546. The van der Waals surface area contributed by atoms with Crippen LogP contribution in [0.5, 0.6) is 0 Å². The first-order chi connectivity index (χ1) is 14.2. The fourth-order valence-electron chi connectivity index (χ4n) is 2.52. The molecule has 8 nitrogen and oxygen atoms in total. The van der Waals surface area contributed by atoms with Crippen LogP contribution in [0, 0.1) is 11.3 Å². The number of hydrogen-bond acceptors (Lipinski definition) is 7. The van der Waals surface area contributed by atoms with E-state index in [9.17, 15) is 14.9 Å². The maximum absolute atomic E-state index is 13.1. The van der Waals surface area contributed by atoms with Gasteiger partial charge in [0.2, 0.25) is 10.6 Å². The fraction of sp³-hybridized carbons (Fsp3) is 0.545. The van der Waals surface area contributed by atoms with E-state index in [-0.39, 0.29) is 18.1 Å². The first kappa shape index (κ1) is 26.2. The van der Waals surface area contributed by atoms with E-state index in [1.807, 2.05) is 6.07 Å². The Morgan fingerprint density at radius 1 is 1.06 bits per heavy atom. The third kappa shape index (κ3) is 8.06. The maximum Gasteiger partial charge on any atom is 0.431 e. The SMILES string of the molecule is CCOC(=S)[C@](C#N)(Cc1ccccc1)N(NC(=O)OC(C)(C)C)C(=O)OC(C)(C)C. The van der Waals surface area contributed by atoms with Crippen molar-refractivity contribution in [3.8, 4) is 6.07 Å². The molecule has 0 fully saturated rings. The third-order valence-corrected chi connectivity index (χ3v) is 4.12. The largest absolute Gasteiger partial charge is 0.484 e. The molecule has 0 heterocycles. The minimum atomic E-state index is -1.87. The van der Waals surface area contributed by atoms with Gasteiger partial charge in [0.05, 0.1) is 6.61 Å². The van der Waals surface area contributed by atoms with E-state index >= 15 is 0 Å². The maximum atomic E-state index is 13.1. The number of hydrazine groups is 1. The molecule has 0 spiro atoms. The number of benzene rings is 1. The lowest BCUT2D eigenvalue weighted by atomic mass is 9.92. The normalized spacial score (nSPS) is 13.2. The Bertz CT molecular complexity index is 824. The number of nitrogens with zero attached hydrogens (tertiary/aromatic N) is 2. The number of nitriles is 1. The smallest absolute Gasteiger partial charge is 0.431 e. The second-order valence-electron chi connectivity index (χ2n) is 8.78. The van der Waals surface area contributed by atoms with Gasteiger partial charge in [0, 0.05) is 6.42 Å². The highest BCUT2D eigenvalue weighted by Gasteiger charge is 2.49. The van der Waals surface area contributed by atoms with Gasteiger partial charge in [-0.2, -0.15) is 10.3 Å². The molecule has 31 heavy (non-hydrogen) atoms. The number of ether oxygens (including phenoxy) is 3. The molecule has 0 radical (unpaired) electrons. The summed E-state index contributed by atoms with van der Waals surface area (Å²) in [5, 5.41) is 10.8. The van der Waals surface area contributed by atoms with Crippen LogP contribution in [0.1, 0.15) is 54.0 Å². The van der Waals surface area contributed by atoms with Gasteiger partial charge in [-0.3, -0.25) is 0 Å². The summed E-state index contributed by atoms with van der Waals surface area (Å²) in [7, 11) is 0. The molecule has 0 aliphatic heterocycles. The molecule has 1 aromatic rings. The molecule has 0 unspecified atom stereocenters. The van der Waals surface area contributed by atoms with Crippen LogP contribution in [-0.4, -0.2) is 45.6 Å². The van der Waals surface area contributed by atoms with Crippen LogP contribution in [0.3, 0.4) is 0 Å². The van der Waals surface area contributed by atoms with E-state index in [2.05, 4.69) is 11.5 Å². The lowest BCUT2D eigenvalue weighted by Crippen LogP contribution is -2.65. The molecular weight excluding hydrogens is 418 g/mol. The second-order valence-corrected chi connectivity index (χ2v) is 9.16. The average molecular weight is 450 g/mol. The molecule has 1 aromatic carbocycles. The Morgan fingerprint density at radius 2 is 1.61 bits per heavy atom. The van der Waals surface area contributed by atoms with E-state index in [0.29, 0.717) is 5.56 Å². The molecule has 0 saturated carbocycles. The van der Waals surface area contributed by atoms with Gasteiger partial charge < -0.3 is 14.2 Å². The highest BCUT2D eigenvalue weighted by atomic mass is 32.1. The van der Waals surface area contributed by atoms with Crippen molar-refractivity contribution in [3.05, 3.63) is 35.9 Å². The lowest BCUT2D eigenvalue weighted by molar-refractivity contribution is -0.0131. The highest BCUT2D eigenvalue weighted by Crippen LogP contribution is 2.26. The zero-order chi connectivity index (χ0) is 23.9. The number of rotatable bonds is 5. The van der Waals surface area contributed by atoms with Crippen LogP contribution in [0.2, 0.25) is 0 Å². The summed E-state index contributed by atoms with van der Waals surface area (Å²) in [6.45, 7) is 11.9. The predicted octanol–water partition coefficient (Wildman–Crippen LogP) is 4.53. The number of thiocarbonyl (C=S) groups is 1. The van der Waals surface area contributed by atoms with Crippen LogP contribution < -0.4 is 5.43 Å². The first-order valence-electron chi connectivity index (χ1n) is 9.89. The summed E-state index contributed by atoms with van der Waals surface area (Å²) < 4.78 is 16.2. The highest BCUT2D eigenvalue weighted by molar-refractivity contribution is 7.80. The Balaban J connectivity index is 3.53. The standard InChI is InChI=1S/C22H31N3O5S/c1-8-28-17(31)22(15-23,14-16-12-10-9-11-13-16)25(19(27)30-21(5,6)7)24-18(26)29-20(2,3)4/h9-13H,8,14H2,1-7H3,(H,24,26)/t22-/m1/s1. The Hall–Kier alpha value is -2.86. The number of amides is 2. The van der Waals surface area contributed by atoms with Gasteiger partial charge in [0.15, 0.2) is 0 Å². The zero-order valence-corrected chi connectivity index (χ0v) is 20.0. The van der Waals surface area contributed by atoms with Gasteiger partial charge in [-0.05, 0) is 66.2 Å². The molecule has 0 aliphatic rings. The summed E-state index contributed by atoms with van der Waals surface area (Å²) in [6, 6.07) is 11.0. The van der Waals surface area contributed by atoms with Crippen molar-refractivity contribution < 1.29 is 23.8 Å². The molecule has 9 heteroatoms. The first-order valence-corrected chi connectivity index (χ1v) is 10.3. The molecule has 0 aromatic heterocycles. The third-order valence-electron chi connectivity index (χ3n) is 3.66. The van der Waals surface area contributed by atoms with Crippen molar-refractivity contribution in [1.82, 2.24) is 10.4 Å². The van der Waals surface area contributed by atoms with Crippen LogP contribution in [-0.2, 0) is 20.6 Å². The summed E-state index contributed by atoms with van der Waals surface area (Å²) >= 11 is 5.40. The van der Waals surface area contributed by atoms with Gasteiger partial charge in [-0.25, -0.2) is 15.0 Å². The van der Waals surface area contributed by atoms with Crippen molar-refractivity contribution in [2.45, 2.75) is 71.6 Å². The Kier molecular flexibility index (Phi) is 8.82. The number of nitrogens with one attached hydrogen (secondary N) is 1. The molecule has 1 N–H and O–H groups in total. The van der Waals surface area contributed by atoms with Crippen LogP contribution in [0.4, 0.5) is 9.59 Å². The minimum absolute atomic E-state index is 0.0434. The van der Waals surface area contributed by atoms with Gasteiger partial charge >= 0.3 is 12.2 Å². The second kappa shape index (κ2) is 10.4. The Labute approximate surface area is 189 Å². The van der Waals surface area contributed by atoms with Crippen LogP contribution in [0.25, 0.3) is 0 Å². The average Bonchev–Trinajstić information content (AvgIpc) is 2.62. The van der Waals surface area contributed by atoms with Crippen LogP contribution >= 0.6 is 12.2 Å². The number of carbonyl (C=O) groups is 2. The molecule has 0 saturated heterocycles. The molecule has 1 atom stereocenters. The van der Waals surface area contributed by atoms with E-state index in [0.717, 1.165) is 5.01 Å². The van der Waals surface area contributed by atoms with E-state index < -0.39 is 28.9 Å². The summed E-state index contributed by atoms with van der Waals surface area (Å²) in [4.78, 5) is 25.7. The van der Waals surface area contributed by atoms with Crippen molar-refractivity contribution >= 4 is 29.5 Å². The van der Waals surface area contributed by atoms with Crippen molar-refractivity contribution in [3.63, 3.8) is 0 Å². The van der Waals surface area contributed by atoms with Gasteiger partial charge in [0.25, 0.3) is 0 Å². The molecular formula is C22H31N3O5S. The summed E-state index contributed by atoms with van der Waals surface area (Å²) in [6.07, 6.45) is -1.96. The van der Waals surface area contributed by atoms with E-state index in [1.165, 1.54) is 0 Å². The van der Waals surface area contributed by atoms with Gasteiger partial charge in [0.1, 0.15) is 17.3 Å². The Morgan fingerprint density at radius 3 is 2.06 bits per heavy atom. The van der Waals surface area contributed by atoms with Crippen molar-refractivity contribution in [2.75, 3.05) is 6.61 Å². The fourth-order valence-corrected chi connectivity index (χ4v) is 2.84. The van der Waals surface area contributed by atoms with E-state index in [4.69, 9.17) is 26.4 Å². The molecule has 1 rings (SSSR count). The quantitative estimate of drug-likeness (QED) is 0.520. The zero-order valence-electron chi connectivity index (χ0n) is 19.1.